The third-order valence-corrected chi connectivity index (χ3v) is 4.21. The Balaban J connectivity index is 2.10. The highest BCUT2D eigenvalue weighted by Gasteiger charge is 2.35. The Hall–Kier alpha value is -2.34. The van der Waals surface area contributed by atoms with Crippen LogP contribution in [-0.4, -0.2) is 15.5 Å². The van der Waals surface area contributed by atoms with E-state index in [9.17, 15) is 9.59 Å². The second-order valence-corrected chi connectivity index (χ2v) is 5.66. The molecule has 4 rings (SSSR count). The van der Waals surface area contributed by atoms with Gasteiger partial charge in [-0.05, 0) is 33.6 Å². The number of rotatable bonds is 1. The standard InChI is InChI=1S/C15H9BrN2O3/c16-9-6-7-10-12-13(9)21-14(19)11(18(12)15(20)17-10)8-4-2-1-3-5-8/h1-7,11H,(H,17,20). The molecule has 0 fully saturated rings. The van der Waals surface area contributed by atoms with Crippen LogP contribution in [0.15, 0.2) is 51.7 Å². The van der Waals surface area contributed by atoms with Gasteiger partial charge in [0.15, 0.2) is 11.8 Å². The maximum atomic E-state index is 12.4. The van der Waals surface area contributed by atoms with Gasteiger partial charge in [0.2, 0.25) is 0 Å². The van der Waals surface area contributed by atoms with E-state index in [0.29, 0.717) is 21.3 Å². The molecule has 1 unspecified atom stereocenters. The van der Waals surface area contributed by atoms with Gasteiger partial charge >= 0.3 is 11.7 Å². The number of carbonyl (C=O) groups excluding carboxylic acids is 1. The molecule has 2 aromatic carbocycles. The molecule has 1 aliphatic rings. The number of benzene rings is 2. The first-order chi connectivity index (χ1) is 10.2. The number of H-pyrrole nitrogens is 1. The Kier molecular flexibility index (Phi) is 2.56. The van der Waals surface area contributed by atoms with Gasteiger partial charge < -0.3 is 9.72 Å². The number of nitrogens with one attached hydrogen (secondary N) is 1. The highest BCUT2D eigenvalue weighted by Crippen LogP contribution is 2.39. The molecular formula is C15H9BrN2O3. The van der Waals surface area contributed by atoms with Gasteiger partial charge in [0, 0.05) is 0 Å². The molecule has 5 nitrogen and oxygen atoms in total. The molecule has 1 aliphatic heterocycles. The summed E-state index contributed by atoms with van der Waals surface area (Å²) in [6, 6.07) is 11.9. The fourth-order valence-corrected chi connectivity index (χ4v) is 3.09. The van der Waals surface area contributed by atoms with E-state index in [1.807, 2.05) is 18.2 Å². The summed E-state index contributed by atoms with van der Waals surface area (Å²) < 4.78 is 7.55. The maximum Gasteiger partial charge on any atom is 0.339 e. The van der Waals surface area contributed by atoms with Crippen LogP contribution >= 0.6 is 15.9 Å². The lowest BCUT2D eigenvalue weighted by atomic mass is 10.1. The van der Waals surface area contributed by atoms with Crippen molar-refractivity contribution in [1.82, 2.24) is 9.55 Å². The zero-order chi connectivity index (χ0) is 14.6. The average molecular weight is 345 g/mol. The van der Waals surface area contributed by atoms with Crippen LogP contribution in [0.3, 0.4) is 0 Å². The molecule has 2 heterocycles. The third-order valence-electron chi connectivity index (χ3n) is 3.58. The van der Waals surface area contributed by atoms with Crippen molar-refractivity contribution in [3.8, 4) is 5.75 Å². The largest absolute Gasteiger partial charge is 0.421 e. The lowest BCUT2D eigenvalue weighted by molar-refractivity contribution is -0.137. The van der Waals surface area contributed by atoms with Gasteiger partial charge in [0.25, 0.3) is 0 Å². The van der Waals surface area contributed by atoms with E-state index in [1.165, 1.54) is 4.57 Å². The first-order valence-electron chi connectivity index (χ1n) is 6.36. The molecule has 1 N–H and O–H groups in total. The molecule has 21 heavy (non-hydrogen) atoms. The molecule has 0 amide bonds. The quantitative estimate of drug-likeness (QED) is 0.545. The number of nitrogens with zero attached hydrogens (tertiary/aromatic N) is 1. The minimum Gasteiger partial charge on any atom is -0.421 e. The van der Waals surface area contributed by atoms with Crippen LogP contribution in [0.1, 0.15) is 11.6 Å². The molecule has 0 saturated carbocycles. The Morgan fingerprint density at radius 1 is 1.10 bits per heavy atom. The summed E-state index contributed by atoms with van der Waals surface area (Å²) in [5.74, 6) is -0.0911. The topological polar surface area (TPSA) is 64.1 Å². The first kappa shape index (κ1) is 12.4. The zero-order valence-electron chi connectivity index (χ0n) is 10.7. The molecule has 3 aromatic rings. The van der Waals surface area contributed by atoms with Crippen molar-refractivity contribution in [2.24, 2.45) is 0 Å². The van der Waals surface area contributed by atoms with E-state index < -0.39 is 12.0 Å². The van der Waals surface area contributed by atoms with Crippen LogP contribution in [0, 0.1) is 0 Å². The van der Waals surface area contributed by atoms with Crippen LogP contribution in [0.5, 0.6) is 5.75 Å². The molecule has 0 spiro atoms. The molecule has 0 radical (unpaired) electrons. The van der Waals surface area contributed by atoms with Crippen LogP contribution < -0.4 is 10.4 Å². The van der Waals surface area contributed by atoms with E-state index in [1.54, 1.807) is 24.3 Å². The van der Waals surface area contributed by atoms with Crippen molar-refractivity contribution in [2.75, 3.05) is 0 Å². The van der Waals surface area contributed by atoms with Crippen LogP contribution in [0.4, 0.5) is 0 Å². The summed E-state index contributed by atoms with van der Waals surface area (Å²) in [7, 11) is 0. The van der Waals surface area contributed by atoms with E-state index in [2.05, 4.69) is 20.9 Å². The molecule has 1 aromatic heterocycles. The van der Waals surface area contributed by atoms with Crippen molar-refractivity contribution in [3.63, 3.8) is 0 Å². The Morgan fingerprint density at radius 3 is 2.62 bits per heavy atom. The van der Waals surface area contributed by atoms with Crippen molar-refractivity contribution >= 4 is 32.9 Å². The van der Waals surface area contributed by atoms with Crippen molar-refractivity contribution in [1.29, 1.82) is 0 Å². The Morgan fingerprint density at radius 2 is 1.86 bits per heavy atom. The van der Waals surface area contributed by atoms with Gasteiger partial charge in [-0.1, -0.05) is 30.3 Å². The molecule has 0 aliphatic carbocycles. The zero-order valence-corrected chi connectivity index (χ0v) is 12.3. The smallest absolute Gasteiger partial charge is 0.339 e. The fourth-order valence-electron chi connectivity index (χ4n) is 2.69. The van der Waals surface area contributed by atoms with Crippen LogP contribution in [0.2, 0.25) is 0 Å². The molecule has 6 heteroatoms. The third kappa shape index (κ3) is 1.69. The van der Waals surface area contributed by atoms with Crippen LogP contribution in [-0.2, 0) is 4.79 Å². The molecule has 104 valence electrons. The van der Waals surface area contributed by atoms with E-state index >= 15 is 0 Å². The van der Waals surface area contributed by atoms with Gasteiger partial charge in [-0.2, -0.15) is 0 Å². The summed E-state index contributed by atoms with van der Waals surface area (Å²) in [5.41, 5.74) is 1.64. The van der Waals surface area contributed by atoms with Gasteiger partial charge in [-0.15, -0.1) is 0 Å². The Bertz CT molecular complexity index is 927. The lowest BCUT2D eigenvalue weighted by Crippen LogP contribution is -2.34. The van der Waals surface area contributed by atoms with Crippen molar-refractivity contribution in [3.05, 3.63) is 63.0 Å². The van der Waals surface area contributed by atoms with Crippen molar-refractivity contribution in [2.45, 2.75) is 6.04 Å². The summed E-state index contributed by atoms with van der Waals surface area (Å²) in [6.45, 7) is 0. The number of imidazole rings is 1. The van der Waals surface area contributed by atoms with Gasteiger partial charge in [0.05, 0.1) is 9.99 Å². The number of aromatic nitrogens is 2. The highest BCUT2D eigenvalue weighted by atomic mass is 79.9. The molecule has 0 saturated heterocycles. The number of ether oxygens (including phenoxy) is 1. The van der Waals surface area contributed by atoms with E-state index in [0.717, 1.165) is 5.56 Å². The van der Waals surface area contributed by atoms with E-state index in [4.69, 9.17) is 4.74 Å². The first-order valence-corrected chi connectivity index (χ1v) is 7.15. The predicted octanol–water partition coefficient (Wildman–Crippen LogP) is 2.60. The lowest BCUT2D eigenvalue weighted by Gasteiger charge is -2.23. The molecular weight excluding hydrogens is 336 g/mol. The number of hydrogen-bond acceptors (Lipinski definition) is 3. The fraction of sp³-hybridized carbons (Fsp3) is 0.0667. The normalized spacial score (nSPS) is 17.0. The maximum absolute atomic E-state index is 12.4. The highest BCUT2D eigenvalue weighted by molar-refractivity contribution is 9.10. The Labute approximate surface area is 127 Å². The summed E-state index contributed by atoms with van der Waals surface area (Å²) in [5, 5.41) is 0. The summed E-state index contributed by atoms with van der Waals surface area (Å²) in [6.07, 6.45) is 0. The summed E-state index contributed by atoms with van der Waals surface area (Å²) in [4.78, 5) is 27.4. The summed E-state index contributed by atoms with van der Waals surface area (Å²) >= 11 is 3.35. The molecule has 1 atom stereocenters. The number of halogens is 1. The molecule has 0 bridgehead atoms. The number of hydrogen-bond donors (Lipinski definition) is 1. The van der Waals surface area contributed by atoms with Crippen molar-refractivity contribution < 1.29 is 9.53 Å². The minimum atomic E-state index is -0.769. The van der Waals surface area contributed by atoms with Gasteiger partial charge in [-0.25, -0.2) is 9.59 Å². The average Bonchev–Trinajstić information content (AvgIpc) is 2.82. The minimum absolute atomic E-state index is 0.324. The number of aromatic amines is 1. The predicted molar refractivity (Wildman–Crippen MR) is 80.5 cm³/mol. The number of carbonyl (C=O) groups is 1. The second-order valence-electron chi connectivity index (χ2n) is 4.81. The van der Waals surface area contributed by atoms with Gasteiger partial charge in [-0.3, -0.25) is 4.57 Å². The van der Waals surface area contributed by atoms with Crippen LogP contribution in [0.25, 0.3) is 11.0 Å². The van der Waals surface area contributed by atoms with Gasteiger partial charge in [0.1, 0.15) is 5.52 Å². The second kappa shape index (κ2) is 4.33. The monoisotopic (exact) mass is 344 g/mol. The number of esters is 1. The SMILES string of the molecule is O=C1Oc2c(Br)ccc3[nH]c(=O)n(c23)C1c1ccccc1. The van der Waals surface area contributed by atoms with E-state index in [-0.39, 0.29) is 5.69 Å².